The summed E-state index contributed by atoms with van der Waals surface area (Å²) in [6.07, 6.45) is 2.46. The van der Waals surface area contributed by atoms with Crippen LogP contribution >= 0.6 is 0 Å². The summed E-state index contributed by atoms with van der Waals surface area (Å²) in [6.45, 7) is 6.59. The molecule has 0 aliphatic carbocycles. The molecule has 1 N–H and O–H groups in total. The standard InChI is InChI=1S/C16H24N2O/c1-19-12-13-6-8-18(10-13)11-15-4-2-3-14-9-17-7-5-16(14)15/h2-4,13,17H,5-12H2,1H3. The molecule has 0 aromatic heterocycles. The number of nitrogens with one attached hydrogen (secondary N) is 1. The Balaban J connectivity index is 1.67. The van der Waals surface area contributed by atoms with Crippen molar-refractivity contribution in [2.45, 2.75) is 25.9 Å². The molecule has 1 unspecified atom stereocenters. The van der Waals surface area contributed by atoms with E-state index in [2.05, 4.69) is 28.4 Å². The lowest BCUT2D eigenvalue weighted by Gasteiger charge is -2.23. The molecule has 1 atom stereocenters. The van der Waals surface area contributed by atoms with Crippen molar-refractivity contribution in [2.75, 3.05) is 33.4 Å². The van der Waals surface area contributed by atoms with Gasteiger partial charge < -0.3 is 10.1 Å². The molecule has 0 amide bonds. The van der Waals surface area contributed by atoms with Gasteiger partial charge in [0, 0.05) is 26.7 Å². The minimum atomic E-state index is 0.728. The Morgan fingerprint density at radius 1 is 1.42 bits per heavy atom. The zero-order valence-corrected chi connectivity index (χ0v) is 11.8. The fraction of sp³-hybridized carbons (Fsp3) is 0.625. The molecule has 1 fully saturated rings. The molecule has 3 nitrogen and oxygen atoms in total. The highest BCUT2D eigenvalue weighted by Crippen LogP contribution is 2.23. The van der Waals surface area contributed by atoms with E-state index in [1.807, 2.05) is 7.11 Å². The number of nitrogens with zero attached hydrogens (tertiary/aromatic N) is 1. The molecule has 3 rings (SSSR count). The van der Waals surface area contributed by atoms with E-state index in [4.69, 9.17) is 4.74 Å². The molecular formula is C16H24N2O. The molecule has 0 saturated carbocycles. The van der Waals surface area contributed by atoms with Crippen LogP contribution in [0.1, 0.15) is 23.1 Å². The largest absolute Gasteiger partial charge is 0.384 e. The van der Waals surface area contributed by atoms with E-state index in [1.165, 1.54) is 37.1 Å². The van der Waals surface area contributed by atoms with Crippen LogP contribution in [0.25, 0.3) is 0 Å². The fourth-order valence-corrected chi connectivity index (χ4v) is 3.43. The summed E-state index contributed by atoms with van der Waals surface area (Å²) in [5.41, 5.74) is 4.63. The van der Waals surface area contributed by atoms with Crippen molar-refractivity contribution in [3.05, 3.63) is 34.9 Å². The minimum Gasteiger partial charge on any atom is -0.384 e. The van der Waals surface area contributed by atoms with Gasteiger partial charge in [-0.25, -0.2) is 0 Å². The molecular weight excluding hydrogens is 236 g/mol. The Morgan fingerprint density at radius 2 is 2.37 bits per heavy atom. The van der Waals surface area contributed by atoms with E-state index in [0.717, 1.165) is 32.2 Å². The maximum Gasteiger partial charge on any atom is 0.0503 e. The monoisotopic (exact) mass is 260 g/mol. The number of methoxy groups -OCH3 is 1. The van der Waals surface area contributed by atoms with Crippen LogP contribution in [0.15, 0.2) is 18.2 Å². The van der Waals surface area contributed by atoms with Crippen molar-refractivity contribution in [1.29, 1.82) is 0 Å². The van der Waals surface area contributed by atoms with Crippen LogP contribution in [0.3, 0.4) is 0 Å². The first-order valence-corrected chi connectivity index (χ1v) is 7.38. The second-order valence-electron chi connectivity index (χ2n) is 5.83. The number of benzene rings is 1. The molecule has 2 heterocycles. The molecule has 2 aliphatic heterocycles. The number of hydrogen-bond acceptors (Lipinski definition) is 3. The molecule has 0 spiro atoms. The first-order valence-electron chi connectivity index (χ1n) is 7.38. The highest BCUT2D eigenvalue weighted by molar-refractivity contribution is 5.37. The summed E-state index contributed by atoms with van der Waals surface area (Å²) in [6, 6.07) is 6.79. The molecule has 0 bridgehead atoms. The molecule has 1 aromatic rings. The summed E-state index contributed by atoms with van der Waals surface area (Å²) in [4.78, 5) is 2.58. The SMILES string of the molecule is COCC1CCN(Cc2cccc3c2CCNC3)C1. The number of ether oxygens (including phenoxy) is 1. The van der Waals surface area contributed by atoms with E-state index in [0.29, 0.717) is 0 Å². The van der Waals surface area contributed by atoms with Crippen LogP contribution in [0, 0.1) is 5.92 Å². The van der Waals surface area contributed by atoms with Gasteiger partial charge in [-0.1, -0.05) is 18.2 Å². The molecule has 19 heavy (non-hydrogen) atoms. The number of rotatable bonds is 4. The summed E-state index contributed by atoms with van der Waals surface area (Å²) in [7, 11) is 1.81. The highest BCUT2D eigenvalue weighted by atomic mass is 16.5. The van der Waals surface area contributed by atoms with Crippen LogP contribution < -0.4 is 5.32 Å². The van der Waals surface area contributed by atoms with Crippen LogP contribution in [-0.4, -0.2) is 38.3 Å². The van der Waals surface area contributed by atoms with E-state index in [1.54, 1.807) is 5.56 Å². The summed E-state index contributed by atoms with van der Waals surface area (Å²) >= 11 is 0. The number of hydrogen-bond donors (Lipinski definition) is 1. The minimum absolute atomic E-state index is 0.728. The third kappa shape index (κ3) is 2.99. The first-order chi connectivity index (χ1) is 9.36. The molecule has 3 heteroatoms. The Labute approximate surface area is 115 Å². The maximum atomic E-state index is 5.28. The lowest BCUT2D eigenvalue weighted by atomic mass is 9.95. The average molecular weight is 260 g/mol. The fourth-order valence-electron chi connectivity index (χ4n) is 3.43. The zero-order valence-electron chi connectivity index (χ0n) is 11.8. The topological polar surface area (TPSA) is 24.5 Å². The lowest BCUT2D eigenvalue weighted by molar-refractivity contribution is 0.152. The van der Waals surface area contributed by atoms with E-state index < -0.39 is 0 Å². The highest BCUT2D eigenvalue weighted by Gasteiger charge is 2.23. The molecule has 1 saturated heterocycles. The average Bonchev–Trinajstić information content (AvgIpc) is 2.87. The predicted octanol–water partition coefficient (Wildman–Crippen LogP) is 1.80. The van der Waals surface area contributed by atoms with Gasteiger partial charge in [-0.3, -0.25) is 4.90 Å². The lowest BCUT2D eigenvalue weighted by Crippen LogP contribution is -2.27. The Morgan fingerprint density at radius 3 is 3.26 bits per heavy atom. The van der Waals surface area contributed by atoms with Crippen LogP contribution in [0.2, 0.25) is 0 Å². The van der Waals surface area contributed by atoms with Crippen LogP contribution in [-0.2, 0) is 24.2 Å². The molecule has 0 radical (unpaired) electrons. The number of likely N-dealkylation sites (tertiary alicyclic amines) is 1. The van der Waals surface area contributed by atoms with Crippen molar-refractivity contribution < 1.29 is 4.74 Å². The second kappa shape index (κ2) is 6.04. The Kier molecular flexibility index (Phi) is 4.16. The van der Waals surface area contributed by atoms with Gasteiger partial charge in [0.1, 0.15) is 0 Å². The van der Waals surface area contributed by atoms with Gasteiger partial charge in [-0.15, -0.1) is 0 Å². The van der Waals surface area contributed by atoms with Crippen LogP contribution in [0.4, 0.5) is 0 Å². The zero-order chi connectivity index (χ0) is 13.1. The van der Waals surface area contributed by atoms with Crippen molar-refractivity contribution >= 4 is 0 Å². The van der Waals surface area contributed by atoms with Crippen LogP contribution in [0.5, 0.6) is 0 Å². The van der Waals surface area contributed by atoms with Crippen molar-refractivity contribution in [1.82, 2.24) is 10.2 Å². The normalized spacial score (nSPS) is 23.5. The van der Waals surface area contributed by atoms with E-state index >= 15 is 0 Å². The third-order valence-corrected chi connectivity index (χ3v) is 4.40. The maximum absolute atomic E-state index is 5.28. The summed E-state index contributed by atoms with van der Waals surface area (Å²) in [5, 5.41) is 3.46. The summed E-state index contributed by atoms with van der Waals surface area (Å²) in [5.74, 6) is 0.728. The molecule has 104 valence electrons. The van der Waals surface area contributed by atoms with Crippen molar-refractivity contribution in [3.63, 3.8) is 0 Å². The number of fused-ring (bicyclic) bond motifs is 1. The molecule has 1 aromatic carbocycles. The molecule has 2 aliphatic rings. The Hall–Kier alpha value is -0.900. The Bertz CT molecular complexity index is 433. The summed E-state index contributed by atoms with van der Waals surface area (Å²) < 4.78 is 5.28. The van der Waals surface area contributed by atoms with E-state index in [9.17, 15) is 0 Å². The predicted molar refractivity (Wildman–Crippen MR) is 77.1 cm³/mol. The van der Waals surface area contributed by atoms with Gasteiger partial charge in [0.15, 0.2) is 0 Å². The third-order valence-electron chi connectivity index (χ3n) is 4.40. The van der Waals surface area contributed by atoms with Crippen molar-refractivity contribution in [2.24, 2.45) is 5.92 Å². The quantitative estimate of drug-likeness (QED) is 0.893. The smallest absolute Gasteiger partial charge is 0.0503 e. The van der Waals surface area contributed by atoms with Gasteiger partial charge in [0.2, 0.25) is 0 Å². The van der Waals surface area contributed by atoms with Gasteiger partial charge in [-0.2, -0.15) is 0 Å². The van der Waals surface area contributed by atoms with Gasteiger partial charge in [0.05, 0.1) is 6.61 Å². The first kappa shape index (κ1) is 13.1. The van der Waals surface area contributed by atoms with Gasteiger partial charge in [0.25, 0.3) is 0 Å². The van der Waals surface area contributed by atoms with Gasteiger partial charge in [-0.05, 0) is 48.5 Å². The van der Waals surface area contributed by atoms with Crippen molar-refractivity contribution in [3.8, 4) is 0 Å². The second-order valence-corrected chi connectivity index (χ2v) is 5.83. The van der Waals surface area contributed by atoms with Gasteiger partial charge >= 0.3 is 0 Å². The van der Waals surface area contributed by atoms with E-state index in [-0.39, 0.29) is 0 Å².